The molecule has 1 amide bonds. The van der Waals surface area contributed by atoms with Crippen LogP contribution in [0.25, 0.3) is 0 Å². The topological polar surface area (TPSA) is 83.6 Å². The van der Waals surface area contributed by atoms with Crippen molar-refractivity contribution in [2.45, 2.75) is 12.8 Å². The number of hydrogen-bond acceptors (Lipinski definition) is 4. The second kappa shape index (κ2) is 5.01. The van der Waals surface area contributed by atoms with Crippen LogP contribution >= 0.6 is 0 Å². The molecule has 0 aromatic carbocycles. The predicted molar refractivity (Wildman–Crippen MR) is 57.6 cm³/mol. The summed E-state index contributed by atoms with van der Waals surface area (Å²) in [5.41, 5.74) is 0.898. The molecule has 0 aliphatic heterocycles. The fourth-order valence-electron chi connectivity index (χ4n) is 1.25. The third-order valence-corrected chi connectivity index (χ3v) is 2.01. The lowest BCUT2D eigenvalue weighted by molar-refractivity contribution is -0.116. The summed E-state index contributed by atoms with van der Waals surface area (Å²) in [4.78, 5) is 19.4. The molecule has 0 spiro atoms. The average Bonchev–Trinajstić information content (AvgIpc) is 2.81. The van der Waals surface area contributed by atoms with Crippen LogP contribution in [-0.2, 0) is 11.2 Å². The van der Waals surface area contributed by atoms with Gasteiger partial charge in [0.1, 0.15) is 6.33 Å². The molecule has 0 saturated heterocycles. The van der Waals surface area contributed by atoms with E-state index in [1.165, 1.54) is 6.33 Å². The summed E-state index contributed by atoms with van der Waals surface area (Å²) in [5, 5.41) is 8.78. The molecule has 2 rings (SSSR count). The minimum absolute atomic E-state index is 0.109. The number of nitrogens with zero attached hydrogens (tertiary/aromatic N) is 3. The maximum Gasteiger partial charge on any atom is 0.227 e. The molecule has 82 valence electrons. The normalized spacial score (nSPS) is 10.0. The number of rotatable bonds is 4. The van der Waals surface area contributed by atoms with Gasteiger partial charge in [0.05, 0.1) is 0 Å². The fourth-order valence-corrected chi connectivity index (χ4v) is 1.25. The molecular weight excluding hydrogens is 206 g/mol. The van der Waals surface area contributed by atoms with Crippen LogP contribution in [0, 0.1) is 0 Å². The van der Waals surface area contributed by atoms with Crippen molar-refractivity contribution in [3.05, 3.63) is 36.4 Å². The summed E-state index contributed by atoms with van der Waals surface area (Å²) in [6.45, 7) is 0. The van der Waals surface area contributed by atoms with Gasteiger partial charge >= 0.3 is 0 Å². The maximum absolute atomic E-state index is 11.5. The molecule has 0 radical (unpaired) electrons. The van der Waals surface area contributed by atoms with Crippen LogP contribution in [0.1, 0.15) is 12.1 Å². The Hall–Kier alpha value is -2.24. The minimum Gasteiger partial charge on any atom is -0.295 e. The van der Waals surface area contributed by atoms with E-state index in [1.54, 1.807) is 6.20 Å². The van der Waals surface area contributed by atoms with Gasteiger partial charge < -0.3 is 0 Å². The first-order valence-corrected chi connectivity index (χ1v) is 4.90. The molecule has 0 fully saturated rings. The summed E-state index contributed by atoms with van der Waals surface area (Å²) < 4.78 is 0. The van der Waals surface area contributed by atoms with Gasteiger partial charge in [-0.15, -0.1) is 0 Å². The fraction of sp³-hybridized carbons (Fsp3) is 0.200. The van der Waals surface area contributed by atoms with Crippen molar-refractivity contribution in [2.75, 3.05) is 5.32 Å². The lowest BCUT2D eigenvalue weighted by Crippen LogP contribution is -2.13. The van der Waals surface area contributed by atoms with E-state index in [0.29, 0.717) is 18.8 Å². The first-order valence-electron chi connectivity index (χ1n) is 4.90. The van der Waals surface area contributed by atoms with E-state index < -0.39 is 0 Å². The summed E-state index contributed by atoms with van der Waals surface area (Å²) >= 11 is 0. The predicted octanol–water partition coefficient (Wildman–Crippen LogP) is 0.771. The number of amides is 1. The van der Waals surface area contributed by atoms with Crippen LogP contribution in [-0.4, -0.2) is 26.1 Å². The van der Waals surface area contributed by atoms with E-state index in [1.807, 2.05) is 18.2 Å². The van der Waals surface area contributed by atoms with Crippen molar-refractivity contribution >= 4 is 11.9 Å². The number of nitrogens with one attached hydrogen (secondary N) is 2. The standard InChI is InChI=1S/C10H11N5O/c16-9(14-10-12-7-13-15-10)5-4-8-3-1-2-6-11-8/h1-3,6-7H,4-5H2,(H2,12,13,14,15,16). The number of carbonyl (C=O) groups is 1. The number of carbonyl (C=O) groups excluding carboxylic acids is 1. The van der Waals surface area contributed by atoms with Crippen molar-refractivity contribution in [3.63, 3.8) is 0 Å². The molecule has 0 aliphatic carbocycles. The van der Waals surface area contributed by atoms with Crippen molar-refractivity contribution in [3.8, 4) is 0 Å². The Kier molecular flexibility index (Phi) is 3.22. The van der Waals surface area contributed by atoms with Gasteiger partial charge in [-0.1, -0.05) is 6.07 Å². The van der Waals surface area contributed by atoms with Gasteiger partial charge in [0, 0.05) is 18.3 Å². The maximum atomic E-state index is 11.5. The zero-order valence-corrected chi connectivity index (χ0v) is 8.55. The Morgan fingerprint density at radius 3 is 3.00 bits per heavy atom. The highest BCUT2D eigenvalue weighted by Crippen LogP contribution is 2.00. The molecule has 0 aliphatic rings. The van der Waals surface area contributed by atoms with E-state index >= 15 is 0 Å². The molecule has 16 heavy (non-hydrogen) atoms. The third-order valence-electron chi connectivity index (χ3n) is 2.01. The van der Waals surface area contributed by atoms with Gasteiger partial charge in [0.2, 0.25) is 11.9 Å². The summed E-state index contributed by atoms with van der Waals surface area (Å²) in [5.74, 6) is 0.258. The highest BCUT2D eigenvalue weighted by atomic mass is 16.1. The van der Waals surface area contributed by atoms with Crippen molar-refractivity contribution < 1.29 is 4.79 Å². The molecule has 6 nitrogen and oxygen atoms in total. The van der Waals surface area contributed by atoms with Crippen LogP contribution in [0.3, 0.4) is 0 Å². The Bertz CT molecular complexity index is 439. The molecule has 6 heteroatoms. The molecule has 0 bridgehead atoms. The Labute approximate surface area is 92.1 Å². The van der Waals surface area contributed by atoms with Gasteiger partial charge in [-0.3, -0.25) is 15.1 Å². The Balaban J connectivity index is 1.80. The molecular formula is C10H11N5O. The summed E-state index contributed by atoms with van der Waals surface area (Å²) in [6.07, 6.45) is 4.04. The Morgan fingerprint density at radius 2 is 2.31 bits per heavy atom. The number of hydrogen-bond donors (Lipinski definition) is 2. The van der Waals surface area contributed by atoms with E-state index in [9.17, 15) is 4.79 Å². The van der Waals surface area contributed by atoms with Crippen LogP contribution < -0.4 is 5.32 Å². The van der Waals surface area contributed by atoms with Crippen LogP contribution in [0.2, 0.25) is 0 Å². The lowest BCUT2D eigenvalue weighted by atomic mass is 10.2. The number of pyridine rings is 1. The van der Waals surface area contributed by atoms with Gasteiger partial charge in [-0.25, -0.2) is 5.10 Å². The molecule has 0 unspecified atom stereocenters. The monoisotopic (exact) mass is 217 g/mol. The number of H-pyrrole nitrogens is 1. The first kappa shape index (κ1) is 10.3. The summed E-state index contributed by atoms with van der Waals surface area (Å²) in [7, 11) is 0. The van der Waals surface area contributed by atoms with Crippen LogP contribution in [0.4, 0.5) is 5.95 Å². The number of aromatic nitrogens is 4. The zero-order chi connectivity index (χ0) is 11.2. The number of aryl methyl sites for hydroxylation is 1. The van der Waals surface area contributed by atoms with E-state index in [4.69, 9.17) is 0 Å². The largest absolute Gasteiger partial charge is 0.295 e. The smallest absolute Gasteiger partial charge is 0.227 e. The third kappa shape index (κ3) is 2.88. The summed E-state index contributed by atoms with van der Waals surface area (Å²) in [6, 6.07) is 5.64. The lowest BCUT2D eigenvalue weighted by Gasteiger charge is -2.00. The highest BCUT2D eigenvalue weighted by Gasteiger charge is 2.04. The second-order valence-corrected chi connectivity index (χ2v) is 3.20. The van der Waals surface area contributed by atoms with Gasteiger partial charge in [0.15, 0.2) is 0 Å². The van der Waals surface area contributed by atoms with Crippen LogP contribution in [0.5, 0.6) is 0 Å². The van der Waals surface area contributed by atoms with Gasteiger partial charge in [0.25, 0.3) is 0 Å². The molecule has 2 aromatic heterocycles. The highest BCUT2D eigenvalue weighted by molar-refractivity contribution is 5.88. The van der Waals surface area contributed by atoms with Crippen molar-refractivity contribution in [2.24, 2.45) is 0 Å². The zero-order valence-electron chi connectivity index (χ0n) is 8.55. The molecule has 2 aromatic rings. The Morgan fingerprint density at radius 1 is 1.38 bits per heavy atom. The van der Waals surface area contributed by atoms with Crippen molar-refractivity contribution in [1.82, 2.24) is 20.2 Å². The molecule has 0 saturated carbocycles. The molecule has 2 N–H and O–H groups in total. The van der Waals surface area contributed by atoms with E-state index in [0.717, 1.165) is 5.69 Å². The number of aromatic amines is 1. The second-order valence-electron chi connectivity index (χ2n) is 3.20. The minimum atomic E-state index is -0.109. The van der Waals surface area contributed by atoms with E-state index in [2.05, 4.69) is 25.5 Å². The van der Waals surface area contributed by atoms with E-state index in [-0.39, 0.29) is 5.91 Å². The number of anilines is 1. The molecule has 2 heterocycles. The SMILES string of the molecule is O=C(CCc1ccccn1)Nc1ncn[nH]1. The van der Waals surface area contributed by atoms with Crippen LogP contribution in [0.15, 0.2) is 30.7 Å². The molecule has 0 atom stereocenters. The quantitative estimate of drug-likeness (QED) is 0.792. The van der Waals surface area contributed by atoms with Crippen molar-refractivity contribution in [1.29, 1.82) is 0 Å². The first-order chi connectivity index (χ1) is 7.84. The average molecular weight is 217 g/mol. The van der Waals surface area contributed by atoms with Gasteiger partial charge in [-0.05, 0) is 18.6 Å². The van der Waals surface area contributed by atoms with Gasteiger partial charge in [-0.2, -0.15) is 10.1 Å².